The second kappa shape index (κ2) is 12.9. The molecule has 9 nitrogen and oxygen atoms in total. The Kier molecular flexibility index (Phi) is 9.08. The van der Waals surface area contributed by atoms with Gasteiger partial charge >= 0.3 is 5.97 Å². The molecule has 2 aromatic carbocycles. The van der Waals surface area contributed by atoms with Crippen molar-refractivity contribution >= 4 is 28.5 Å². The number of fused-ring (bicyclic) bond motifs is 6. The number of aromatic hydroxyl groups is 1. The summed E-state index contributed by atoms with van der Waals surface area (Å²) in [4.78, 5) is 49.4. The van der Waals surface area contributed by atoms with Gasteiger partial charge in [0.2, 0.25) is 11.2 Å². The Bertz CT molecular complexity index is 1990. The normalized spacial score (nSPS) is 29.7. The van der Waals surface area contributed by atoms with E-state index in [4.69, 9.17) is 18.6 Å². The lowest BCUT2D eigenvalue weighted by molar-refractivity contribution is -0.185. The van der Waals surface area contributed by atoms with E-state index in [1.165, 1.54) is 43.6 Å². The number of hydrogen-bond donors (Lipinski definition) is 1. The van der Waals surface area contributed by atoms with Crippen molar-refractivity contribution in [2.75, 3.05) is 14.2 Å². The van der Waals surface area contributed by atoms with E-state index in [0.29, 0.717) is 47.3 Å². The first-order valence-corrected chi connectivity index (χ1v) is 17.3. The van der Waals surface area contributed by atoms with Crippen LogP contribution < -0.4 is 14.9 Å². The molecule has 1 N–H and O–H groups in total. The number of allylic oxidation sites excluding steroid dienone is 4. The monoisotopic (exact) mass is 682 g/mol. The number of benzene rings is 2. The van der Waals surface area contributed by atoms with Crippen molar-refractivity contribution in [2.45, 2.75) is 78.7 Å². The molecule has 1 heterocycles. The summed E-state index contributed by atoms with van der Waals surface area (Å²) in [5.74, 6) is 1.81. The molecule has 2 saturated carbocycles. The predicted molar refractivity (Wildman–Crippen MR) is 189 cm³/mol. The molecule has 2 fully saturated rings. The maximum atomic E-state index is 12.8. The summed E-state index contributed by atoms with van der Waals surface area (Å²) >= 11 is 0. The number of carbonyl (C=O) groups is 3. The molecule has 1 aromatic heterocycles. The molecular formula is C41H46O9. The highest BCUT2D eigenvalue weighted by Gasteiger charge is 2.67. The summed E-state index contributed by atoms with van der Waals surface area (Å²) in [6.07, 6.45) is 10.6. The van der Waals surface area contributed by atoms with E-state index in [2.05, 4.69) is 26.8 Å². The van der Waals surface area contributed by atoms with Gasteiger partial charge in [-0.2, -0.15) is 0 Å². The Balaban J connectivity index is 0.000000178. The van der Waals surface area contributed by atoms with Crippen LogP contribution in [0.2, 0.25) is 0 Å². The quantitative estimate of drug-likeness (QED) is 0.269. The van der Waals surface area contributed by atoms with Crippen molar-refractivity contribution in [1.82, 2.24) is 0 Å². The van der Waals surface area contributed by atoms with Crippen LogP contribution >= 0.6 is 0 Å². The van der Waals surface area contributed by atoms with Gasteiger partial charge in [0.05, 0.1) is 25.2 Å². The summed E-state index contributed by atoms with van der Waals surface area (Å²) in [7, 11) is 2.99. The van der Waals surface area contributed by atoms with Gasteiger partial charge in [0.1, 0.15) is 12.0 Å². The average molecular weight is 683 g/mol. The lowest BCUT2D eigenvalue weighted by atomic mass is 9.47. The molecule has 0 spiro atoms. The third kappa shape index (κ3) is 5.46. The number of hydrogen-bond acceptors (Lipinski definition) is 9. The number of ether oxygens (including phenoxy) is 3. The van der Waals surface area contributed by atoms with E-state index < -0.39 is 5.60 Å². The SMILES string of the molecule is CC(=O)OC1(C(C)=O)CCC2C3C=C(C)C4=CC(=O)CCC4(C)C3CCC21C.COc1ccc(-c2coc3c(OC)c(O)ccc3c2=O)cc1. The first-order valence-electron chi connectivity index (χ1n) is 17.3. The van der Waals surface area contributed by atoms with Gasteiger partial charge in [0, 0.05) is 18.8 Å². The number of phenolic OH excluding ortho intramolecular Hbond substituents is 1. The van der Waals surface area contributed by atoms with Gasteiger partial charge in [-0.15, -0.1) is 0 Å². The molecule has 4 aliphatic rings. The highest BCUT2D eigenvalue weighted by molar-refractivity contribution is 5.93. The van der Waals surface area contributed by atoms with Crippen molar-refractivity contribution in [2.24, 2.45) is 28.6 Å². The van der Waals surface area contributed by atoms with Crippen molar-refractivity contribution in [3.8, 4) is 28.4 Å². The second-order valence-corrected chi connectivity index (χ2v) is 14.8. The van der Waals surface area contributed by atoms with E-state index in [1.807, 2.05) is 6.08 Å². The number of carbonyl (C=O) groups excluding carboxylic acids is 3. The minimum atomic E-state index is -0.990. The van der Waals surface area contributed by atoms with Crippen LogP contribution in [-0.4, -0.2) is 42.5 Å². The summed E-state index contributed by atoms with van der Waals surface area (Å²) in [6.45, 7) is 9.63. The molecule has 4 aliphatic carbocycles. The molecule has 264 valence electrons. The summed E-state index contributed by atoms with van der Waals surface area (Å²) in [5.41, 5.74) is 2.35. The fraction of sp³-hybridized carbons (Fsp3) is 0.463. The molecule has 0 saturated heterocycles. The molecule has 7 rings (SSSR count). The van der Waals surface area contributed by atoms with E-state index in [0.717, 1.165) is 31.2 Å². The Morgan fingerprint density at radius 2 is 1.62 bits per heavy atom. The Hall–Kier alpha value is -4.66. The number of Topliss-reactive ketones (excluding diaryl/α,β-unsaturated/α-hetero) is 1. The third-order valence-electron chi connectivity index (χ3n) is 12.3. The van der Waals surface area contributed by atoms with E-state index in [-0.39, 0.29) is 50.9 Å². The fourth-order valence-corrected chi connectivity index (χ4v) is 9.81. The number of rotatable bonds is 5. The van der Waals surface area contributed by atoms with Crippen molar-refractivity contribution in [3.05, 3.63) is 76.2 Å². The highest BCUT2D eigenvalue weighted by Crippen LogP contribution is 2.67. The third-order valence-corrected chi connectivity index (χ3v) is 12.3. The standard InChI is InChI=1S/C24H32O4.C17H14O5/c1-14-12-18-19(22(4)9-6-17(27)13-21(14)22)7-10-23(5)20(18)8-11-24(23,15(2)25)28-16(3)26;1-20-11-5-3-10(4-6-11)13-9-22-16-12(15(13)19)7-8-14(18)17(16)21-2/h12-13,18-20H,6-11H2,1-5H3;3-9,18H,1-2H3. The van der Waals surface area contributed by atoms with Gasteiger partial charge in [-0.05, 0) is 111 Å². The number of ketones is 2. The van der Waals surface area contributed by atoms with Crippen LogP contribution in [0.1, 0.15) is 73.1 Å². The number of methoxy groups -OCH3 is 2. The molecule has 3 aromatic rings. The molecule has 0 radical (unpaired) electrons. The van der Waals surface area contributed by atoms with Gasteiger partial charge in [-0.25, -0.2) is 0 Å². The molecule has 6 atom stereocenters. The minimum Gasteiger partial charge on any atom is -0.504 e. The molecule has 0 amide bonds. The Labute approximate surface area is 292 Å². The number of phenols is 1. The van der Waals surface area contributed by atoms with Crippen molar-refractivity contribution in [1.29, 1.82) is 0 Å². The van der Waals surface area contributed by atoms with Gasteiger partial charge < -0.3 is 23.7 Å². The van der Waals surface area contributed by atoms with E-state index >= 15 is 0 Å². The summed E-state index contributed by atoms with van der Waals surface area (Å²) in [5, 5.41) is 10.1. The topological polar surface area (TPSA) is 129 Å². The van der Waals surface area contributed by atoms with Gasteiger partial charge in [-0.3, -0.25) is 19.2 Å². The molecule has 50 heavy (non-hydrogen) atoms. The van der Waals surface area contributed by atoms with Crippen molar-refractivity contribution < 1.29 is 38.1 Å². The van der Waals surface area contributed by atoms with E-state index in [1.54, 1.807) is 38.3 Å². The first kappa shape index (κ1) is 35.2. The molecule has 6 unspecified atom stereocenters. The Morgan fingerprint density at radius 1 is 0.920 bits per heavy atom. The van der Waals surface area contributed by atoms with Crippen molar-refractivity contribution in [3.63, 3.8) is 0 Å². The second-order valence-electron chi connectivity index (χ2n) is 14.8. The number of esters is 1. The van der Waals surface area contributed by atoms with Crippen LogP contribution in [0.15, 0.2) is 75.2 Å². The van der Waals surface area contributed by atoms with Crippen LogP contribution in [0.5, 0.6) is 17.2 Å². The highest BCUT2D eigenvalue weighted by atomic mass is 16.6. The lowest BCUT2D eigenvalue weighted by Gasteiger charge is -2.58. The van der Waals surface area contributed by atoms with Gasteiger partial charge in [0.15, 0.2) is 28.5 Å². The minimum absolute atomic E-state index is 0.0160. The van der Waals surface area contributed by atoms with Crippen LogP contribution in [0.25, 0.3) is 22.1 Å². The van der Waals surface area contributed by atoms with Crippen LogP contribution in [-0.2, 0) is 19.1 Å². The summed E-state index contributed by atoms with van der Waals surface area (Å²) < 4.78 is 21.5. The molecular weight excluding hydrogens is 636 g/mol. The maximum absolute atomic E-state index is 12.8. The zero-order valence-corrected chi connectivity index (χ0v) is 29.9. The predicted octanol–water partition coefficient (Wildman–Crippen LogP) is 7.76. The van der Waals surface area contributed by atoms with Crippen LogP contribution in [0, 0.1) is 28.6 Å². The van der Waals surface area contributed by atoms with Gasteiger partial charge in [0.25, 0.3) is 0 Å². The first-order chi connectivity index (χ1) is 23.7. The smallest absolute Gasteiger partial charge is 0.303 e. The van der Waals surface area contributed by atoms with Crippen LogP contribution in [0.4, 0.5) is 0 Å². The summed E-state index contributed by atoms with van der Waals surface area (Å²) in [6, 6.07) is 10.1. The fourth-order valence-electron chi connectivity index (χ4n) is 9.81. The molecule has 0 aliphatic heterocycles. The average Bonchev–Trinajstić information content (AvgIpc) is 3.38. The van der Waals surface area contributed by atoms with E-state index in [9.17, 15) is 24.3 Å². The maximum Gasteiger partial charge on any atom is 0.303 e. The molecule has 9 heteroatoms. The molecule has 0 bridgehead atoms. The van der Waals surface area contributed by atoms with Gasteiger partial charge in [-0.1, -0.05) is 37.6 Å². The zero-order valence-electron chi connectivity index (χ0n) is 29.9. The lowest BCUT2D eigenvalue weighted by Crippen LogP contribution is -2.58. The zero-order chi connectivity index (χ0) is 36.2. The van der Waals surface area contributed by atoms with Crippen LogP contribution in [0.3, 0.4) is 0 Å². The largest absolute Gasteiger partial charge is 0.504 e. The Morgan fingerprint density at radius 3 is 2.26 bits per heavy atom.